The third-order valence-electron chi connectivity index (χ3n) is 4.91. The lowest BCUT2D eigenvalue weighted by molar-refractivity contribution is -0.123. The molecule has 3 rings (SSSR count). The number of fused-ring (bicyclic) bond motifs is 1. The van der Waals surface area contributed by atoms with Crippen LogP contribution in [0, 0.1) is 0 Å². The summed E-state index contributed by atoms with van der Waals surface area (Å²) in [5.41, 5.74) is 1.59. The molecule has 152 valence electrons. The summed E-state index contributed by atoms with van der Waals surface area (Å²) in [6.45, 7) is 5.54. The number of rotatable bonds is 9. The van der Waals surface area contributed by atoms with Crippen molar-refractivity contribution in [3.63, 3.8) is 0 Å². The van der Waals surface area contributed by atoms with Gasteiger partial charge in [0.15, 0.2) is 0 Å². The molecule has 0 fully saturated rings. The maximum atomic E-state index is 12.6. The molecule has 1 amide bonds. The highest BCUT2D eigenvalue weighted by molar-refractivity contribution is 5.78. The standard InChI is InChI=1S/C23H28N4O2/c1-3-4-14-27(16-22(28)24-17(2)18-10-6-5-7-11-18)15-21-25-20-13-9-8-12-19(20)23(29)26-21/h5-13,17H,3-4,14-16H2,1-2H3,(H,24,28)(H,25,26,29)/t17-/m1/s1. The smallest absolute Gasteiger partial charge is 0.258 e. The summed E-state index contributed by atoms with van der Waals surface area (Å²) in [5.74, 6) is 0.536. The van der Waals surface area contributed by atoms with Crippen molar-refractivity contribution in [3.05, 3.63) is 76.3 Å². The van der Waals surface area contributed by atoms with Gasteiger partial charge in [0, 0.05) is 0 Å². The molecule has 0 aliphatic carbocycles. The number of carbonyl (C=O) groups is 1. The number of benzene rings is 2. The molecule has 0 spiro atoms. The third kappa shape index (κ3) is 5.74. The van der Waals surface area contributed by atoms with Crippen LogP contribution in [0.1, 0.15) is 44.1 Å². The van der Waals surface area contributed by atoms with Crippen molar-refractivity contribution in [1.29, 1.82) is 0 Å². The summed E-state index contributed by atoms with van der Waals surface area (Å²) in [4.78, 5) is 34.4. The van der Waals surface area contributed by atoms with Gasteiger partial charge in [0.05, 0.1) is 30.0 Å². The fourth-order valence-corrected chi connectivity index (χ4v) is 3.33. The van der Waals surface area contributed by atoms with Gasteiger partial charge in [0.2, 0.25) is 5.91 Å². The zero-order chi connectivity index (χ0) is 20.6. The average Bonchev–Trinajstić information content (AvgIpc) is 2.72. The largest absolute Gasteiger partial charge is 0.348 e. The molecule has 2 aromatic carbocycles. The predicted octanol–water partition coefficient (Wildman–Crippen LogP) is 3.40. The Balaban J connectivity index is 1.69. The molecule has 0 unspecified atom stereocenters. The zero-order valence-corrected chi connectivity index (χ0v) is 17.0. The molecule has 6 heteroatoms. The van der Waals surface area contributed by atoms with Crippen LogP contribution < -0.4 is 10.9 Å². The number of amides is 1. The van der Waals surface area contributed by atoms with E-state index in [4.69, 9.17) is 0 Å². The maximum absolute atomic E-state index is 12.6. The Kier molecular flexibility index (Phi) is 7.14. The van der Waals surface area contributed by atoms with Crippen molar-refractivity contribution in [3.8, 4) is 0 Å². The molecule has 0 aliphatic rings. The van der Waals surface area contributed by atoms with Gasteiger partial charge in [-0.05, 0) is 37.6 Å². The molecular formula is C23H28N4O2. The molecule has 3 aromatic rings. The van der Waals surface area contributed by atoms with Crippen LogP contribution in [-0.2, 0) is 11.3 Å². The molecule has 0 saturated carbocycles. The first-order valence-electron chi connectivity index (χ1n) is 10.1. The van der Waals surface area contributed by atoms with Crippen molar-refractivity contribution < 1.29 is 4.79 Å². The van der Waals surface area contributed by atoms with E-state index in [0.717, 1.165) is 24.9 Å². The van der Waals surface area contributed by atoms with Gasteiger partial charge >= 0.3 is 0 Å². The molecule has 29 heavy (non-hydrogen) atoms. The van der Waals surface area contributed by atoms with Crippen LogP contribution in [-0.4, -0.2) is 33.9 Å². The molecule has 2 N–H and O–H groups in total. The van der Waals surface area contributed by atoms with E-state index in [1.54, 1.807) is 6.07 Å². The van der Waals surface area contributed by atoms with Crippen molar-refractivity contribution in [2.45, 2.75) is 39.3 Å². The predicted molar refractivity (Wildman–Crippen MR) is 116 cm³/mol. The topological polar surface area (TPSA) is 78.1 Å². The normalized spacial score (nSPS) is 12.2. The fraction of sp³-hybridized carbons (Fsp3) is 0.348. The molecule has 0 saturated heterocycles. The SMILES string of the molecule is CCCCN(CC(=O)N[C@H](C)c1ccccc1)Cc1nc2ccccc2c(=O)[nH]1. The number of para-hydroxylation sites is 1. The first-order chi connectivity index (χ1) is 14.1. The van der Waals surface area contributed by atoms with Crippen molar-refractivity contribution in [2.24, 2.45) is 0 Å². The third-order valence-corrected chi connectivity index (χ3v) is 4.91. The van der Waals surface area contributed by atoms with Crippen LogP contribution in [0.2, 0.25) is 0 Å². The summed E-state index contributed by atoms with van der Waals surface area (Å²) in [5, 5.41) is 3.63. The number of nitrogens with zero attached hydrogens (tertiary/aromatic N) is 2. The van der Waals surface area contributed by atoms with Crippen molar-refractivity contribution in [1.82, 2.24) is 20.2 Å². The van der Waals surface area contributed by atoms with Crippen LogP contribution >= 0.6 is 0 Å². The van der Waals surface area contributed by atoms with Crippen molar-refractivity contribution in [2.75, 3.05) is 13.1 Å². The molecule has 1 atom stereocenters. The lowest BCUT2D eigenvalue weighted by Gasteiger charge is -2.22. The summed E-state index contributed by atoms with van der Waals surface area (Å²) in [6.07, 6.45) is 2.00. The van der Waals surface area contributed by atoms with Gasteiger partial charge in [-0.25, -0.2) is 4.98 Å². The Morgan fingerprint density at radius 2 is 1.86 bits per heavy atom. The summed E-state index contributed by atoms with van der Waals surface area (Å²) < 4.78 is 0. The fourth-order valence-electron chi connectivity index (χ4n) is 3.33. The first kappa shape index (κ1) is 20.7. The number of carbonyl (C=O) groups excluding carboxylic acids is 1. The van der Waals surface area contributed by atoms with E-state index in [-0.39, 0.29) is 24.1 Å². The van der Waals surface area contributed by atoms with Crippen LogP contribution in [0.15, 0.2) is 59.4 Å². The Bertz CT molecular complexity index is 1000. The van der Waals surface area contributed by atoms with Gasteiger partial charge in [-0.3, -0.25) is 14.5 Å². The summed E-state index contributed by atoms with van der Waals surface area (Å²) in [7, 11) is 0. The highest BCUT2D eigenvalue weighted by atomic mass is 16.2. The lowest BCUT2D eigenvalue weighted by atomic mass is 10.1. The number of hydrogen-bond acceptors (Lipinski definition) is 4. The second kappa shape index (κ2) is 9.98. The van der Waals surface area contributed by atoms with E-state index >= 15 is 0 Å². The number of H-pyrrole nitrogens is 1. The first-order valence-corrected chi connectivity index (χ1v) is 10.1. The number of unbranched alkanes of at least 4 members (excludes halogenated alkanes) is 1. The average molecular weight is 393 g/mol. The van der Waals surface area contributed by atoms with E-state index in [1.807, 2.05) is 60.4 Å². The molecule has 1 heterocycles. The quantitative estimate of drug-likeness (QED) is 0.585. The maximum Gasteiger partial charge on any atom is 0.258 e. The van der Waals surface area contributed by atoms with Gasteiger partial charge in [-0.1, -0.05) is 55.8 Å². The molecule has 1 aromatic heterocycles. The van der Waals surface area contributed by atoms with E-state index in [1.165, 1.54) is 0 Å². The number of hydrogen-bond donors (Lipinski definition) is 2. The van der Waals surface area contributed by atoms with E-state index in [2.05, 4.69) is 22.2 Å². The molecule has 0 radical (unpaired) electrons. The van der Waals surface area contributed by atoms with Crippen LogP contribution in [0.5, 0.6) is 0 Å². The summed E-state index contributed by atoms with van der Waals surface area (Å²) >= 11 is 0. The van der Waals surface area contributed by atoms with Crippen LogP contribution in [0.4, 0.5) is 0 Å². The van der Waals surface area contributed by atoms with Crippen LogP contribution in [0.3, 0.4) is 0 Å². The highest BCUT2D eigenvalue weighted by Gasteiger charge is 2.15. The van der Waals surface area contributed by atoms with Gasteiger partial charge in [-0.2, -0.15) is 0 Å². The Morgan fingerprint density at radius 3 is 2.62 bits per heavy atom. The monoisotopic (exact) mass is 392 g/mol. The lowest BCUT2D eigenvalue weighted by Crippen LogP contribution is -2.39. The van der Waals surface area contributed by atoms with Crippen LogP contribution in [0.25, 0.3) is 10.9 Å². The minimum absolute atomic E-state index is 0.0411. The van der Waals surface area contributed by atoms with Crippen molar-refractivity contribution >= 4 is 16.8 Å². The minimum atomic E-state index is -0.150. The van der Waals surface area contributed by atoms with E-state index in [9.17, 15) is 9.59 Å². The second-order valence-electron chi connectivity index (χ2n) is 7.29. The Morgan fingerprint density at radius 1 is 1.14 bits per heavy atom. The van der Waals surface area contributed by atoms with E-state index in [0.29, 0.717) is 23.3 Å². The zero-order valence-electron chi connectivity index (χ0n) is 17.0. The highest BCUT2D eigenvalue weighted by Crippen LogP contribution is 2.12. The number of aromatic nitrogens is 2. The second-order valence-corrected chi connectivity index (χ2v) is 7.29. The number of nitrogens with one attached hydrogen (secondary N) is 2. The van der Waals surface area contributed by atoms with Gasteiger partial charge in [-0.15, -0.1) is 0 Å². The Labute approximate surface area is 171 Å². The van der Waals surface area contributed by atoms with Gasteiger partial charge in [0.1, 0.15) is 5.82 Å². The van der Waals surface area contributed by atoms with Gasteiger partial charge < -0.3 is 10.3 Å². The molecule has 0 bridgehead atoms. The molecule has 6 nitrogen and oxygen atoms in total. The Hall–Kier alpha value is -2.99. The van der Waals surface area contributed by atoms with Gasteiger partial charge in [0.25, 0.3) is 5.56 Å². The number of aromatic amines is 1. The molecular weight excluding hydrogens is 364 g/mol. The minimum Gasteiger partial charge on any atom is -0.348 e. The van der Waals surface area contributed by atoms with E-state index < -0.39 is 0 Å². The summed E-state index contributed by atoms with van der Waals surface area (Å²) in [6, 6.07) is 17.1. The molecule has 0 aliphatic heterocycles.